The van der Waals surface area contributed by atoms with E-state index in [1.807, 2.05) is 0 Å². The molecule has 0 bridgehead atoms. The zero-order valence-electron chi connectivity index (χ0n) is 16.5. The number of ether oxygens (including phenoxy) is 1. The summed E-state index contributed by atoms with van der Waals surface area (Å²) >= 11 is 0. The Bertz CT molecular complexity index is 751. The highest BCUT2D eigenvalue weighted by molar-refractivity contribution is 7.95. The van der Waals surface area contributed by atoms with Crippen molar-refractivity contribution in [3.8, 4) is 0 Å². The standard InChI is InChI=1S/C25H28O2P/c1-27-25(26)20-12-5-13-21-28(22-14-6-2-7-15-22,23-16-8-3-9-17-23)24-18-10-4-11-19-24/h2-4,6-11,14-19H,5,12-13,20-21H2,1H3/q+1. The minimum Gasteiger partial charge on any atom is -0.469 e. The van der Waals surface area contributed by atoms with Crippen LogP contribution >= 0.6 is 7.26 Å². The van der Waals surface area contributed by atoms with Crippen molar-refractivity contribution in [2.45, 2.75) is 25.7 Å². The molecule has 144 valence electrons. The first-order valence-corrected chi connectivity index (χ1v) is 11.9. The van der Waals surface area contributed by atoms with E-state index < -0.39 is 7.26 Å². The second kappa shape index (κ2) is 10.2. The van der Waals surface area contributed by atoms with Crippen LogP contribution in [0.4, 0.5) is 0 Å². The monoisotopic (exact) mass is 391 g/mol. The van der Waals surface area contributed by atoms with E-state index in [1.54, 1.807) is 0 Å². The molecule has 0 aliphatic rings. The summed E-state index contributed by atoms with van der Waals surface area (Å²) in [6.07, 6.45) is 4.61. The Hall–Kier alpha value is -2.44. The van der Waals surface area contributed by atoms with Crippen LogP contribution < -0.4 is 15.9 Å². The highest BCUT2D eigenvalue weighted by atomic mass is 31.2. The molecule has 0 aromatic heterocycles. The van der Waals surface area contributed by atoms with Crippen molar-refractivity contribution < 1.29 is 9.53 Å². The fraction of sp³-hybridized carbons (Fsp3) is 0.240. The van der Waals surface area contributed by atoms with E-state index in [9.17, 15) is 4.79 Å². The molecule has 0 amide bonds. The zero-order valence-corrected chi connectivity index (χ0v) is 17.4. The minimum atomic E-state index is -1.74. The summed E-state index contributed by atoms with van der Waals surface area (Å²) in [6.45, 7) is 0. The summed E-state index contributed by atoms with van der Waals surface area (Å²) in [5.41, 5.74) is 0. The van der Waals surface area contributed by atoms with Gasteiger partial charge in [-0.15, -0.1) is 0 Å². The van der Waals surface area contributed by atoms with Crippen molar-refractivity contribution in [1.82, 2.24) is 0 Å². The Kier molecular flexibility index (Phi) is 7.39. The second-order valence-electron chi connectivity index (χ2n) is 6.93. The van der Waals surface area contributed by atoms with Crippen LogP contribution in [0.3, 0.4) is 0 Å². The number of rotatable bonds is 9. The van der Waals surface area contributed by atoms with E-state index in [0.29, 0.717) is 6.42 Å². The predicted molar refractivity (Wildman–Crippen MR) is 120 cm³/mol. The normalized spacial score (nSPS) is 11.2. The molecular formula is C25H28O2P+. The Morgan fingerprint density at radius 1 is 0.679 bits per heavy atom. The van der Waals surface area contributed by atoms with Crippen molar-refractivity contribution in [3.63, 3.8) is 0 Å². The van der Waals surface area contributed by atoms with Crippen LogP contribution in [0.15, 0.2) is 91.0 Å². The third-order valence-corrected chi connectivity index (χ3v) is 9.72. The number of benzene rings is 3. The van der Waals surface area contributed by atoms with Gasteiger partial charge in [0.25, 0.3) is 0 Å². The second-order valence-corrected chi connectivity index (χ2v) is 10.5. The third-order valence-electron chi connectivity index (χ3n) is 5.19. The van der Waals surface area contributed by atoms with Crippen LogP contribution in [-0.4, -0.2) is 19.2 Å². The van der Waals surface area contributed by atoms with Crippen LogP contribution in [0.2, 0.25) is 0 Å². The van der Waals surface area contributed by atoms with Crippen molar-refractivity contribution in [2.75, 3.05) is 13.3 Å². The van der Waals surface area contributed by atoms with Crippen LogP contribution in [0.5, 0.6) is 0 Å². The molecule has 0 aliphatic carbocycles. The molecule has 0 saturated carbocycles. The largest absolute Gasteiger partial charge is 0.469 e. The van der Waals surface area contributed by atoms with E-state index in [0.717, 1.165) is 25.4 Å². The molecule has 3 heteroatoms. The molecule has 0 aliphatic heterocycles. The van der Waals surface area contributed by atoms with Gasteiger partial charge in [0.1, 0.15) is 23.2 Å². The SMILES string of the molecule is COC(=O)CCCCC[P+](c1ccccc1)(c1ccccc1)c1ccccc1. The summed E-state index contributed by atoms with van der Waals surface area (Å²) in [5, 5.41) is 4.25. The van der Waals surface area contributed by atoms with Gasteiger partial charge in [-0.1, -0.05) is 54.6 Å². The topological polar surface area (TPSA) is 26.3 Å². The van der Waals surface area contributed by atoms with Crippen LogP contribution in [0, 0.1) is 0 Å². The van der Waals surface area contributed by atoms with E-state index in [1.165, 1.54) is 23.0 Å². The Balaban J connectivity index is 1.96. The van der Waals surface area contributed by atoms with Gasteiger partial charge in [0.05, 0.1) is 13.3 Å². The van der Waals surface area contributed by atoms with Gasteiger partial charge in [0, 0.05) is 6.42 Å². The van der Waals surface area contributed by atoms with Crippen LogP contribution in [-0.2, 0) is 9.53 Å². The summed E-state index contributed by atoms with van der Waals surface area (Å²) in [6, 6.07) is 32.8. The lowest BCUT2D eigenvalue weighted by molar-refractivity contribution is -0.140. The molecule has 0 unspecified atom stereocenters. The minimum absolute atomic E-state index is 0.116. The van der Waals surface area contributed by atoms with Gasteiger partial charge in [0.2, 0.25) is 0 Å². The van der Waals surface area contributed by atoms with E-state index in [4.69, 9.17) is 4.74 Å². The van der Waals surface area contributed by atoms with Gasteiger partial charge in [-0.2, -0.15) is 0 Å². The Morgan fingerprint density at radius 2 is 1.11 bits per heavy atom. The summed E-state index contributed by atoms with van der Waals surface area (Å²) in [7, 11) is -0.283. The zero-order chi connectivity index (χ0) is 19.7. The maximum absolute atomic E-state index is 11.4. The van der Waals surface area contributed by atoms with Gasteiger partial charge < -0.3 is 4.74 Å². The predicted octanol–water partition coefficient (Wildman–Crippen LogP) is 4.71. The summed E-state index contributed by atoms with van der Waals surface area (Å²) in [5.74, 6) is -0.116. The Labute approximate surface area is 168 Å². The molecule has 3 aromatic rings. The van der Waals surface area contributed by atoms with E-state index in [-0.39, 0.29) is 5.97 Å². The molecule has 0 saturated heterocycles. The number of carbonyl (C=O) groups excluding carboxylic acids is 1. The number of unbranched alkanes of at least 4 members (excludes halogenated alkanes) is 2. The summed E-state index contributed by atoms with van der Waals surface area (Å²) in [4.78, 5) is 11.4. The summed E-state index contributed by atoms with van der Waals surface area (Å²) < 4.78 is 4.77. The van der Waals surface area contributed by atoms with E-state index in [2.05, 4.69) is 91.0 Å². The fourth-order valence-electron chi connectivity index (χ4n) is 3.78. The van der Waals surface area contributed by atoms with Crippen molar-refractivity contribution in [1.29, 1.82) is 0 Å². The maximum Gasteiger partial charge on any atom is 0.305 e. The van der Waals surface area contributed by atoms with Crippen molar-refractivity contribution >= 4 is 29.1 Å². The number of esters is 1. The van der Waals surface area contributed by atoms with Crippen LogP contribution in [0.1, 0.15) is 25.7 Å². The first kappa shape index (κ1) is 20.3. The maximum atomic E-state index is 11.4. The lowest BCUT2D eigenvalue weighted by Crippen LogP contribution is -2.33. The highest BCUT2D eigenvalue weighted by Gasteiger charge is 2.44. The molecule has 0 atom stereocenters. The molecule has 3 aromatic carbocycles. The Morgan fingerprint density at radius 3 is 1.50 bits per heavy atom. The first-order valence-electron chi connectivity index (χ1n) is 9.89. The van der Waals surface area contributed by atoms with Gasteiger partial charge in [-0.3, -0.25) is 4.79 Å². The average molecular weight is 391 g/mol. The number of hydrogen-bond acceptors (Lipinski definition) is 2. The average Bonchev–Trinajstić information content (AvgIpc) is 2.78. The molecule has 28 heavy (non-hydrogen) atoms. The number of hydrogen-bond donors (Lipinski definition) is 0. The van der Waals surface area contributed by atoms with Crippen LogP contribution in [0.25, 0.3) is 0 Å². The molecule has 0 radical (unpaired) electrons. The number of carbonyl (C=O) groups is 1. The molecule has 0 spiro atoms. The van der Waals surface area contributed by atoms with Gasteiger partial charge in [-0.05, 0) is 55.7 Å². The van der Waals surface area contributed by atoms with Crippen molar-refractivity contribution in [3.05, 3.63) is 91.0 Å². The lowest BCUT2D eigenvalue weighted by atomic mass is 10.2. The lowest BCUT2D eigenvalue weighted by Gasteiger charge is -2.27. The smallest absolute Gasteiger partial charge is 0.305 e. The fourth-order valence-corrected chi connectivity index (χ4v) is 8.19. The van der Waals surface area contributed by atoms with Crippen molar-refractivity contribution in [2.24, 2.45) is 0 Å². The van der Waals surface area contributed by atoms with Gasteiger partial charge in [-0.25, -0.2) is 0 Å². The van der Waals surface area contributed by atoms with Gasteiger partial charge >= 0.3 is 5.97 Å². The highest BCUT2D eigenvalue weighted by Crippen LogP contribution is 2.55. The van der Waals surface area contributed by atoms with E-state index >= 15 is 0 Å². The van der Waals surface area contributed by atoms with Gasteiger partial charge in [0.15, 0.2) is 0 Å². The molecule has 0 N–H and O–H groups in total. The number of methoxy groups -OCH3 is 1. The first-order chi connectivity index (χ1) is 13.8. The molecule has 2 nitrogen and oxygen atoms in total. The third kappa shape index (κ3) is 4.69. The molecule has 3 rings (SSSR count). The quantitative estimate of drug-likeness (QED) is 0.300. The molecule has 0 heterocycles. The molecular weight excluding hydrogens is 363 g/mol. The molecule has 0 fully saturated rings.